The highest BCUT2D eigenvalue weighted by molar-refractivity contribution is 5.87. The van der Waals surface area contributed by atoms with Gasteiger partial charge in [-0.05, 0) is 77.9 Å². The molecule has 4 rings (SSSR count). The summed E-state index contributed by atoms with van der Waals surface area (Å²) in [7, 11) is 0. The Kier molecular flexibility index (Phi) is 8.55. The van der Waals surface area contributed by atoms with E-state index in [0.717, 1.165) is 35.1 Å². The van der Waals surface area contributed by atoms with Gasteiger partial charge in [0.2, 0.25) is 0 Å². The molecule has 6 heteroatoms. The first-order valence-corrected chi connectivity index (χ1v) is 12.4. The van der Waals surface area contributed by atoms with E-state index >= 15 is 0 Å². The number of ether oxygens (including phenoxy) is 2. The molecule has 4 aromatic rings. The number of para-hydroxylation sites is 2. The third-order valence-electron chi connectivity index (χ3n) is 5.92. The van der Waals surface area contributed by atoms with Crippen molar-refractivity contribution in [3.63, 3.8) is 0 Å². The van der Waals surface area contributed by atoms with Gasteiger partial charge in [-0.1, -0.05) is 74.5 Å². The molecule has 0 aliphatic heterocycles. The number of nitrogens with one attached hydrogen (secondary N) is 2. The molecule has 0 atom stereocenters. The molecular formula is C31H30N2O4. The van der Waals surface area contributed by atoms with Crippen molar-refractivity contribution in [1.82, 2.24) is 0 Å². The van der Waals surface area contributed by atoms with Gasteiger partial charge >= 0.3 is 12.2 Å². The minimum absolute atomic E-state index is 0.520. The van der Waals surface area contributed by atoms with E-state index in [1.165, 1.54) is 0 Å². The van der Waals surface area contributed by atoms with Crippen LogP contribution in [0.3, 0.4) is 0 Å². The number of benzene rings is 4. The molecule has 0 radical (unpaired) electrons. The fourth-order valence-electron chi connectivity index (χ4n) is 3.92. The van der Waals surface area contributed by atoms with Gasteiger partial charge in [0.05, 0.1) is 0 Å². The number of aryl methyl sites for hydroxylation is 2. The van der Waals surface area contributed by atoms with Gasteiger partial charge in [0.25, 0.3) is 0 Å². The van der Waals surface area contributed by atoms with Crippen LogP contribution < -0.4 is 20.1 Å². The van der Waals surface area contributed by atoms with Crippen LogP contribution in [-0.4, -0.2) is 12.2 Å². The van der Waals surface area contributed by atoms with Crippen molar-refractivity contribution in [3.8, 4) is 11.5 Å². The van der Waals surface area contributed by atoms with Crippen molar-refractivity contribution in [2.45, 2.75) is 33.1 Å². The minimum Gasteiger partial charge on any atom is -0.410 e. The van der Waals surface area contributed by atoms with Crippen LogP contribution in [0, 0.1) is 0 Å². The highest BCUT2D eigenvalue weighted by atomic mass is 16.6. The molecule has 0 fully saturated rings. The maximum absolute atomic E-state index is 12.3. The summed E-state index contributed by atoms with van der Waals surface area (Å²) in [6, 6.07) is 30.3. The third-order valence-corrected chi connectivity index (χ3v) is 5.92. The van der Waals surface area contributed by atoms with E-state index in [0.29, 0.717) is 29.3 Å². The van der Waals surface area contributed by atoms with Crippen LogP contribution in [0.15, 0.2) is 97.1 Å². The van der Waals surface area contributed by atoms with Crippen LogP contribution in [0.4, 0.5) is 21.0 Å². The monoisotopic (exact) mass is 494 g/mol. The summed E-state index contributed by atoms with van der Waals surface area (Å²) < 4.78 is 10.9. The summed E-state index contributed by atoms with van der Waals surface area (Å²) in [4.78, 5) is 24.6. The Bertz CT molecular complexity index is 1240. The smallest absolute Gasteiger partial charge is 0.410 e. The largest absolute Gasteiger partial charge is 0.417 e. The number of rotatable bonds is 8. The van der Waals surface area contributed by atoms with Crippen LogP contribution in [0.5, 0.6) is 11.5 Å². The van der Waals surface area contributed by atoms with Crippen LogP contribution >= 0.6 is 0 Å². The van der Waals surface area contributed by atoms with Gasteiger partial charge in [-0.25, -0.2) is 9.59 Å². The third kappa shape index (κ3) is 7.21. The average molecular weight is 495 g/mol. The predicted molar refractivity (Wildman–Crippen MR) is 147 cm³/mol. The molecule has 188 valence electrons. The fourth-order valence-corrected chi connectivity index (χ4v) is 3.92. The van der Waals surface area contributed by atoms with Gasteiger partial charge < -0.3 is 9.47 Å². The molecule has 0 unspecified atom stereocenters. The number of hydrogen-bond acceptors (Lipinski definition) is 4. The zero-order chi connectivity index (χ0) is 26.0. The summed E-state index contributed by atoms with van der Waals surface area (Å²) in [6.07, 6.45) is 1.24. The van der Waals surface area contributed by atoms with Gasteiger partial charge in [0, 0.05) is 11.4 Å². The number of carbonyl (C=O) groups excluding carboxylic acids is 2. The Morgan fingerprint density at radius 3 is 1.32 bits per heavy atom. The zero-order valence-electron chi connectivity index (χ0n) is 21.0. The van der Waals surface area contributed by atoms with Gasteiger partial charge in [-0.15, -0.1) is 0 Å². The molecule has 0 saturated heterocycles. The first-order valence-electron chi connectivity index (χ1n) is 12.4. The van der Waals surface area contributed by atoms with E-state index in [1.54, 1.807) is 12.1 Å². The molecular weight excluding hydrogens is 464 g/mol. The molecule has 0 heterocycles. The molecule has 37 heavy (non-hydrogen) atoms. The Balaban J connectivity index is 1.28. The first kappa shape index (κ1) is 25.5. The lowest BCUT2D eigenvalue weighted by Crippen LogP contribution is -2.17. The molecule has 0 spiro atoms. The van der Waals surface area contributed by atoms with Crippen molar-refractivity contribution >= 4 is 23.6 Å². The minimum atomic E-state index is -0.520. The molecule has 0 aliphatic rings. The first-order chi connectivity index (χ1) is 18.0. The normalized spacial score (nSPS) is 10.4. The van der Waals surface area contributed by atoms with Crippen molar-refractivity contribution in [2.24, 2.45) is 0 Å². The van der Waals surface area contributed by atoms with Crippen LogP contribution in [0.25, 0.3) is 0 Å². The Morgan fingerprint density at radius 2 is 0.946 bits per heavy atom. The number of amides is 2. The van der Waals surface area contributed by atoms with Gasteiger partial charge in [0.15, 0.2) is 0 Å². The van der Waals surface area contributed by atoms with Crippen molar-refractivity contribution in [1.29, 1.82) is 0 Å². The fraction of sp³-hybridized carbons (Fsp3) is 0.161. The topological polar surface area (TPSA) is 76.7 Å². The lowest BCUT2D eigenvalue weighted by Gasteiger charge is -2.11. The van der Waals surface area contributed by atoms with E-state index in [2.05, 4.69) is 10.6 Å². The second kappa shape index (κ2) is 12.4. The van der Waals surface area contributed by atoms with Crippen LogP contribution in [0.1, 0.15) is 36.1 Å². The number of anilines is 2. The molecule has 6 nitrogen and oxygen atoms in total. The van der Waals surface area contributed by atoms with Gasteiger partial charge in [0.1, 0.15) is 11.5 Å². The Labute approximate surface area is 217 Å². The second-order valence-corrected chi connectivity index (χ2v) is 8.52. The summed E-state index contributed by atoms with van der Waals surface area (Å²) in [6.45, 7) is 4.04. The molecule has 2 amide bonds. The molecule has 0 saturated carbocycles. The maximum atomic E-state index is 12.3. The van der Waals surface area contributed by atoms with E-state index in [4.69, 9.17) is 9.47 Å². The highest BCUT2D eigenvalue weighted by Gasteiger charge is 2.10. The van der Waals surface area contributed by atoms with Crippen molar-refractivity contribution in [3.05, 3.63) is 119 Å². The Hall–Kier alpha value is -4.58. The highest BCUT2D eigenvalue weighted by Crippen LogP contribution is 2.21. The SMILES string of the molecule is CCc1ccccc1OC(=O)Nc1ccc(Cc2ccc(NC(=O)Oc3ccccc3CC)cc2)cc1. The molecule has 0 aromatic heterocycles. The van der Waals surface area contributed by atoms with Crippen molar-refractivity contribution < 1.29 is 19.1 Å². The quantitative estimate of drug-likeness (QED) is 0.264. The van der Waals surface area contributed by atoms with E-state index < -0.39 is 12.2 Å². The average Bonchev–Trinajstić information content (AvgIpc) is 2.91. The molecule has 4 aromatic carbocycles. The van der Waals surface area contributed by atoms with Gasteiger partial charge in [-0.3, -0.25) is 10.6 Å². The summed E-state index contributed by atoms with van der Waals surface area (Å²) >= 11 is 0. The standard InChI is InChI=1S/C31H30N2O4/c1-3-24-9-5-7-11-28(24)36-30(34)32-26-17-13-22(14-18-26)21-23-15-19-27(20-16-23)33-31(35)37-29-12-8-6-10-25(29)4-2/h5-20H,3-4,21H2,1-2H3,(H,32,34)(H,33,35). The van der Waals surface area contributed by atoms with Crippen molar-refractivity contribution in [2.75, 3.05) is 10.6 Å². The second-order valence-electron chi connectivity index (χ2n) is 8.52. The van der Waals surface area contributed by atoms with E-state index in [1.807, 2.05) is 98.8 Å². The Morgan fingerprint density at radius 1 is 0.568 bits per heavy atom. The lowest BCUT2D eigenvalue weighted by molar-refractivity contribution is 0.213. The summed E-state index contributed by atoms with van der Waals surface area (Å²) in [5, 5.41) is 5.54. The van der Waals surface area contributed by atoms with Gasteiger partial charge in [-0.2, -0.15) is 0 Å². The van der Waals surface area contributed by atoms with E-state index in [-0.39, 0.29) is 0 Å². The maximum Gasteiger partial charge on any atom is 0.417 e. The number of hydrogen-bond donors (Lipinski definition) is 2. The summed E-state index contributed by atoms with van der Waals surface area (Å²) in [5.74, 6) is 1.13. The lowest BCUT2D eigenvalue weighted by atomic mass is 10.0. The molecule has 2 N–H and O–H groups in total. The zero-order valence-corrected chi connectivity index (χ0v) is 21.0. The van der Waals surface area contributed by atoms with Crippen LogP contribution in [-0.2, 0) is 19.3 Å². The summed E-state index contributed by atoms with van der Waals surface area (Å²) in [5.41, 5.74) is 5.45. The molecule has 0 aliphatic carbocycles. The van der Waals surface area contributed by atoms with E-state index in [9.17, 15) is 9.59 Å². The van der Waals surface area contributed by atoms with Crippen LogP contribution in [0.2, 0.25) is 0 Å². The number of carbonyl (C=O) groups is 2. The molecule has 0 bridgehead atoms. The predicted octanol–water partition coefficient (Wildman–Crippen LogP) is 7.62.